The van der Waals surface area contributed by atoms with Crippen LogP contribution in [0.15, 0.2) is 0 Å². The Bertz CT molecular complexity index is 298. The van der Waals surface area contributed by atoms with Crippen molar-refractivity contribution >= 4 is 15.9 Å². The van der Waals surface area contributed by atoms with Gasteiger partial charge in [0.05, 0.1) is 17.0 Å². The minimum Gasteiger partial charge on any atom is -0.352 e. The first-order valence-corrected chi connectivity index (χ1v) is 5.43. The number of sulfone groups is 1. The summed E-state index contributed by atoms with van der Waals surface area (Å²) < 4.78 is 22.1. The maximum Gasteiger partial charge on any atom is 0.312 e. The summed E-state index contributed by atoms with van der Waals surface area (Å²) in [6.07, 6.45) is 0.443. The topological polar surface area (TPSA) is 89.3 Å². The van der Waals surface area contributed by atoms with Gasteiger partial charge >= 0.3 is 6.03 Å². The molecule has 1 heterocycles. The molecule has 1 fully saturated rings. The number of primary amides is 1. The fourth-order valence-electron chi connectivity index (χ4n) is 1.41. The van der Waals surface area contributed by atoms with Gasteiger partial charge in [-0.05, 0) is 13.3 Å². The van der Waals surface area contributed by atoms with Gasteiger partial charge in [0.2, 0.25) is 0 Å². The lowest BCUT2D eigenvalue weighted by atomic mass is 10.0. The van der Waals surface area contributed by atoms with E-state index in [-0.39, 0.29) is 11.5 Å². The van der Waals surface area contributed by atoms with Crippen molar-refractivity contribution in [2.45, 2.75) is 18.9 Å². The number of carbonyl (C=O) groups excluding carboxylic acids is 1. The standard InChI is InChI=1S/C6H12N2O3S/c1-6(8-5(7)9)2-3-12(10,11)4-6/h2-4H2,1H3,(H3,7,8,9)/t6-/m1/s1. The van der Waals surface area contributed by atoms with E-state index >= 15 is 0 Å². The van der Waals surface area contributed by atoms with Crippen molar-refractivity contribution in [2.24, 2.45) is 5.73 Å². The van der Waals surface area contributed by atoms with Crippen molar-refractivity contribution in [3.63, 3.8) is 0 Å². The molecule has 1 aliphatic heterocycles. The lowest BCUT2D eigenvalue weighted by Crippen LogP contribution is -2.49. The van der Waals surface area contributed by atoms with Crippen molar-refractivity contribution < 1.29 is 13.2 Å². The Labute approximate surface area is 71.2 Å². The number of rotatable bonds is 1. The van der Waals surface area contributed by atoms with E-state index in [9.17, 15) is 13.2 Å². The van der Waals surface area contributed by atoms with Crippen LogP contribution in [0.5, 0.6) is 0 Å². The molecule has 1 saturated heterocycles. The summed E-state index contributed by atoms with van der Waals surface area (Å²) in [5, 5.41) is 2.43. The summed E-state index contributed by atoms with van der Waals surface area (Å²) in [7, 11) is -2.97. The van der Waals surface area contributed by atoms with Crippen LogP contribution >= 0.6 is 0 Å². The van der Waals surface area contributed by atoms with Crippen molar-refractivity contribution in [3.8, 4) is 0 Å². The highest BCUT2D eigenvalue weighted by atomic mass is 32.2. The molecule has 1 aliphatic rings. The number of amides is 2. The highest BCUT2D eigenvalue weighted by Gasteiger charge is 2.38. The lowest BCUT2D eigenvalue weighted by molar-refractivity contribution is 0.239. The van der Waals surface area contributed by atoms with E-state index in [1.165, 1.54) is 0 Å². The van der Waals surface area contributed by atoms with Crippen molar-refractivity contribution in [2.75, 3.05) is 11.5 Å². The van der Waals surface area contributed by atoms with Crippen LogP contribution in [0, 0.1) is 0 Å². The quantitative estimate of drug-likeness (QED) is 0.571. The fraction of sp³-hybridized carbons (Fsp3) is 0.833. The van der Waals surface area contributed by atoms with Gasteiger partial charge in [-0.25, -0.2) is 13.2 Å². The van der Waals surface area contributed by atoms with Crippen LogP contribution in [-0.2, 0) is 9.84 Å². The number of hydrogen-bond acceptors (Lipinski definition) is 3. The van der Waals surface area contributed by atoms with Gasteiger partial charge in [0, 0.05) is 0 Å². The van der Waals surface area contributed by atoms with Gasteiger partial charge in [-0.15, -0.1) is 0 Å². The number of nitrogens with one attached hydrogen (secondary N) is 1. The molecule has 0 saturated carbocycles. The molecule has 0 aliphatic carbocycles. The van der Waals surface area contributed by atoms with Gasteiger partial charge in [-0.3, -0.25) is 0 Å². The SMILES string of the molecule is C[C@@]1(NC(N)=O)CCS(=O)(=O)C1. The smallest absolute Gasteiger partial charge is 0.312 e. The van der Waals surface area contributed by atoms with E-state index in [0.717, 1.165) is 0 Å². The van der Waals surface area contributed by atoms with Gasteiger partial charge in [-0.1, -0.05) is 0 Å². The molecule has 0 aromatic heterocycles. The zero-order valence-electron chi connectivity index (χ0n) is 6.83. The minimum absolute atomic E-state index is 0.0110. The molecular formula is C6H12N2O3S. The maximum absolute atomic E-state index is 11.0. The van der Waals surface area contributed by atoms with E-state index in [0.29, 0.717) is 6.42 Å². The third-order valence-corrected chi connectivity index (χ3v) is 3.83. The van der Waals surface area contributed by atoms with Gasteiger partial charge in [-0.2, -0.15) is 0 Å². The second-order valence-corrected chi connectivity index (χ2v) is 5.58. The average molecular weight is 192 g/mol. The summed E-state index contributed by atoms with van der Waals surface area (Å²) in [6.45, 7) is 1.68. The molecule has 1 rings (SSSR count). The molecule has 3 N–H and O–H groups in total. The van der Waals surface area contributed by atoms with Gasteiger partial charge < -0.3 is 11.1 Å². The third-order valence-electron chi connectivity index (χ3n) is 1.93. The molecule has 0 aromatic rings. The van der Waals surface area contributed by atoms with Crippen LogP contribution < -0.4 is 11.1 Å². The Hall–Kier alpha value is -0.780. The first kappa shape index (κ1) is 9.31. The molecule has 6 heteroatoms. The number of nitrogens with two attached hydrogens (primary N) is 1. The molecule has 1 atom stereocenters. The predicted molar refractivity (Wildman–Crippen MR) is 44.4 cm³/mol. The van der Waals surface area contributed by atoms with E-state index in [2.05, 4.69) is 5.32 Å². The minimum atomic E-state index is -2.97. The molecule has 5 nitrogen and oxygen atoms in total. The van der Waals surface area contributed by atoms with Crippen LogP contribution in [0.1, 0.15) is 13.3 Å². The van der Waals surface area contributed by atoms with E-state index in [1.54, 1.807) is 6.92 Å². The fourth-order valence-corrected chi connectivity index (χ4v) is 3.50. The molecule has 70 valence electrons. The Morgan fingerprint density at radius 1 is 1.58 bits per heavy atom. The summed E-state index contributed by atoms with van der Waals surface area (Å²) in [5.41, 5.74) is 4.24. The van der Waals surface area contributed by atoms with Gasteiger partial charge in [0.1, 0.15) is 0 Å². The predicted octanol–water partition coefficient (Wildman–Crippen LogP) is -0.768. The normalized spacial score (nSPS) is 33.1. The number of hydrogen-bond donors (Lipinski definition) is 2. The molecule has 0 bridgehead atoms. The third kappa shape index (κ3) is 2.10. The average Bonchev–Trinajstić information content (AvgIpc) is 2.03. The lowest BCUT2D eigenvalue weighted by Gasteiger charge is -2.21. The summed E-state index contributed by atoms with van der Waals surface area (Å²) in [5.74, 6) is 0.118. The summed E-state index contributed by atoms with van der Waals surface area (Å²) in [6, 6.07) is -0.672. The number of urea groups is 1. The number of carbonyl (C=O) groups is 1. The van der Waals surface area contributed by atoms with Crippen LogP contribution in [0.2, 0.25) is 0 Å². The zero-order valence-corrected chi connectivity index (χ0v) is 7.65. The van der Waals surface area contributed by atoms with Crippen molar-refractivity contribution in [3.05, 3.63) is 0 Å². The van der Waals surface area contributed by atoms with Gasteiger partial charge in [0.15, 0.2) is 9.84 Å². The van der Waals surface area contributed by atoms with Gasteiger partial charge in [0.25, 0.3) is 0 Å². The monoisotopic (exact) mass is 192 g/mol. The first-order chi connectivity index (χ1) is 5.33. The molecule has 0 unspecified atom stereocenters. The Morgan fingerprint density at radius 2 is 2.17 bits per heavy atom. The van der Waals surface area contributed by atoms with E-state index in [1.807, 2.05) is 0 Å². The summed E-state index contributed by atoms with van der Waals surface area (Å²) in [4.78, 5) is 10.5. The second-order valence-electron chi connectivity index (χ2n) is 3.39. The summed E-state index contributed by atoms with van der Waals surface area (Å²) >= 11 is 0. The van der Waals surface area contributed by atoms with Crippen LogP contribution in [-0.4, -0.2) is 31.5 Å². The maximum atomic E-state index is 11.0. The molecule has 0 radical (unpaired) electrons. The van der Waals surface area contributed by atoms with E-state index in [4.69, 9.17) is 5.73 Å². The molecule has 0 spiro atoms. The molecule has 2 amide bonds. The van der Waals surface area contributed by atoms with Crippen LogP contribution in [0.4, 0.5) is 4.79 Å². The Morgan fingerprint density at radius 3 is 2.50 bits per heavy atom. The highest BCUT2D eigenvalue weighted by Crippen LogP contribution is 2.22. The molecular weight excluding hydrogens is 180 g/mol. The zero-order chi connectivity index (χ0) is 9.41. The largest absolute Gasteiger partial charge is 0.352 e. The second kappa shape index (κ2) is 2.62. The molecule has 12 heavy (non-hydrogen) atoms. The Kier molecular flexibility index (Phi) is 2.03. The molecule has 0 aromatic carbocycles. The van der Waals surface area contributed by atoms with Crippen molar-refractivity contribution in [1.82, 2.24) is 5.32 Å². The van der Waals surface area contributed by atoms with Crippen molar-refractivity contribution in [1.29, 1.82) is 0 Å². The highest BCUT2D eigenvalue weighted by molar-refractivity contribution is 7.91. The van der Waals surface area contributed by atoms with Crippen LogP contribution in [0.3, 0.4) is 0 Å². The van der Waals surface area contributed by atoms with E-state index < -0.39 is 21.4 Å². The Balaban J connectivity index is 2.71. The first-order valence-electron chi connectivity index (χ1n) is 3.61. The van der Waals surface area contributed by atoms with Crippen LogP contribution in [0.25, 0.3) is 0 Å².